The monoisotopic (exact) mass is 322 g/mol. The predicted molar refractivity (Wildman–Crippen MR) is 85.2 cm³/mol. The topological polar surface area (TPSA) is 69.7 Å². The number of fused-ring (bicyclic) bond motifs is 3. The molecule has 1 atom stereocenters. The summed E-state index contributed by atoms with van der Waals surface area (Å²) in [5.41, 5.74) is 4.58. The van der Waals surface area contributed by atoms with Crippen LogP contribution in [0.1, 0.15) is 23.5 Å². The Balaban J connectivity index is 1.53. The lowest BCUT2D eigenvalue weighted by atomic mass is 9.98. The Labute approximate surface area is 139 Å². The van der Waals surface area contributed by atoms with E-state index >= 15 is 0 Å². The summed E-state index contributed by atoms with van der Waals surface area (Å²) in [6, 6.07) is 15.3. The molecule has 5 nitrogen and oxygen atoms in total. The van der Waals surface area contributed by atoms with Crippen molar-refractivity contribution in [1.29, 1.82) is 0 Å². The zero-order chi connectivity index (χ0) is 16.7. The Morgan fingerprint density at radius 2 is 1.62 bits per heavy atom. The number of carboxylic acid groups (broad SMARTS) is 1. The maximum absolute atomic E-state index is 12.1. The molecule has 1 saturated heterocycles. The Kier molecular flexibility index (Phi) is 3.49. The SMILES string of the molecule is O=C([O-])C1CCN1C(=O)OCC1c2ccccc2-c2ccccc21. The van der Waals surface area contributed by atoms with E-state index in [2.05, 4.69) is 12.1 Å². The average molecular weight is 322 g/mol. The average Bonchev–Trinajstić information content (AvgIpc) is 2.85. The van der Waals surface area contributed by atoms with Crippen molar-refractivity contribution in [3.63, 3.8) is 0 Å². The number of aliphatic carboxylic acids is 1. The van der Waals surface area contributed by atoms with E-state index in [0.717, 1.165) is 22.3 Å². The number of carbonyl (C=O) groups is 2. The number of carbonyl (C=O) groups excluding carboxylic acids is 2. The van der Waals surface area contributed by atoms with Gasteiger partial charge in [-0.25, -0.2) is 4.79 Å². The molecule has 1 unspecified atom stereocenters. The van der Waals surface area contributed by atoms with Crippen LogP contribution in [-0.4, -0.2) is 36.2 Å². The van der Waals surface area contributed by atoms with Crippen LogP contribution in [-0.2, 0) is 9.53 Å². The number of benzene rings is 2. The first-order chi connectivity index (χ1) is 11.7. The van der Waals surface area contributed by atoms with E-state index in [9.17, 15) is 14.7 Å². The van der Waals surface area contributed by atoms with Crippen molar-refractivity contribution in [2.75, 3.05) is 13.2 Å². The van der Waals surface area contributed by atoms with Crippen LogP contribution in [0, 0.1) is 0 Å². The molecule has 1 aliphatic heterocycles. The summed E-state index contributed by atoms with van der Waals surface area (Å²) in [7, 11) is 0. The number of carboxylic acids is 1. The van der Waals surface area contributed by atoms with E-state index in [1.54, 1.807) is 0 Å². The van der Waals surface area contributed by atoms with Gasteiger partial charge in [0.25, 0.3) is 0 Å². The number of amides is 1. The molecule has 1 heterocycles. The first-order valence-corrected chi connectivity index (χ1v) is 7.99. The lowest BCUT2D eigenvalue weighted by Crippen LogP contribution is -2.59. The molecule has 0 spiro atoms. The van der Waals surface area contributed by atoms with Gasteiger partial charge in [0.2, 0.25) is 0 Å². The fourth-order valence-corrected chi connectivity index (χ4v) is 3.53. The number of rotatable bonds is 3. The summed E-state index contributed by atoms with van der Waals surface area (Å²) in [5.74, 6) is -1.25. The van der Waals surface area contributed by atoms with E-state index in [4.69, 9.17) is 4.74 Å². The zero-order valence-electron chi connectivity index (χ0n) is 13.0. The van der Waals surface area contributed by atoms with Crippen LogP contribution in [0.2, 0.25) is 0 Å². The maximum Gasteiger partial charge on any atom is 0.410 e. The first-order valence-electron chi connectivity index (χ1n) is 7.99. The van der Waals surface area contributed by atoms with Crippen molar-refractivity contribution in [2.24, 2.45) is 0 Å². The molecular formula is C19H16NO4-. The summed E-state index contributed by atoms with van der Waals surface area (Å²) in [6.07, 6.45) is -0.163. The van der Waals surface area contributed by atoms with Gasteiger partial charge in [-0.1, -0.05) is 48.5 Å². The van der Waals surface area contributed by atoms with E-state index in [0.29, 0.717) is 13.0 Å². The fourth-order valence-electron chi connectivity index (χ4n) is 3.53. The molecule has 1 amide bonds. The normalized spacial score (nSPS) is 18.5. The van der Waals surface area contributed by atoms with Gasteiger partial charge in [0.05, 0.1) is 12.0 Å². The fraction of sp³-hybridized carbons (Fsp3) is 0.263. The minimum absolute atomic E-state index is 0.0240. The summed E-state index contributed by atoms with van der Waals surface area (Å²) >= 11 is 0. The number of nitrogens with zero attached hydrogens (tertiary/aromatic N) is 1. The molecule has 0 aromatic heterocycles. The van der Waals surface area contributed by atoms with Gasteiger partial charge >= 0.3 is 6.09 Å². The molecule has 2 aliphatic rings. The highest BCUT2D eigenvalue weighted by Crippen LogP contribution is 2.44. The summed E-state index contributed by atoms with van der Waals surface area (Å²) in [4.78, 5) is 24.3. The van der Waals surface area contributed by atoms with Gasteiger partial charge < -0.3 is 14.6 Å². The van der Waals surface area contributed by atoms with Crippen LogP contribution in [0.3, 0.4) is 0 Å². The van der Waals surface area contributed by atoms with E-state index in [1.165, 1.54) is 4.90 Å². The molecule has 1 aliphatic carbocycles. The second kappa shape index (κ2) is 5.67. The van der Waals surface area contributed by atoms with Crippen molar-refractivity contribution in [3.8, 4) is 11.1 Å². The molecule has 24 heavy (non-hydrogen) atoms. The smallest absolute Gasteiger partial charge is 0.410 e. The second-order valence-corrected chi connectivity index (χ2v) is 6.12. The van der Waals surface area contributed by atoms with Crippen LogP contribution in [0.5, 0.6) is 0 Å². The molecule has 2 aromatic rings. The molecular weight excluding hydrogens is 306 g/mol. The second-order valence-electron chi connectivity index (χ2n) is 6.12. The number of ether oxygens (including phenoxy) is 1. The Morgan fingerprint density at radius 3 is 2.12 bits per heavy atom. The van der Waals surface area contributed by atoms with Crippen molar-refractivity contribution in [3.05, 3.63) is 59.7 Å². The standard InChI is InChI=1S/C19H17NO4/c21-18(22)17-9-10-20(17)19(23)24-11-16-14-7-3-1-5-12(14)13-6-2-4-8-15(13)16/h1-8,16-17H,9-11H2,(H,21,22)/p-1. The predicted octanol–water partition coefficient (Wildman–Crippen LogP) is 1.76. The first kappa shape index (κ1) is 14.8. The van der Waals surface area contributed by atoms with Crippen LogP contribution in [0.15, 0.2) is 48.5 Å². The van der Waals surface area contributed by atoms with Gasteiger partial charge in [-0.3, -0.25) is 4.90 Å². The van der Waals surface area contributed by atoms with Crippen LogP contribution in [0.4, 0.5) is 4.79 Å². The summed E-state index contributed by atoms with van der Waals surface area (Å²) in [6.45, 7) is 0.596. The molecule has 4 rings (SSSR count). The lowest BCUT2D eigenvalue weighted by Gasteiger charge is -2.40. The Hall–Kier alpha value is -2.82. The third kappa shape index (κ3) is 2.24. The van der Waals surface area contributed by atoms with E-state index < -0.39 is 18.1 Å². The molecule has 0 saturated carbocycles. The van der Waals surface area contributed by atoms with Gasteiger partial charge in [-0.05, 0) is 28.7 Å². The lowest BCUT2D eigenvalue weighted by molar-refractivity contribution is -0.314. The molecule has 2 aromatic carbocycles. The number of likely N-dealkylation sites (tertiary alicyclic amines) is 1. The minimum atomic E-state index is -1.23. The van der Waals surface area contributed by atoms with Crippen molar-refractivity contribution in [1.82, 2.24) is 4.90 Å². The van der Waals surface area contributed by atoms with Gasteiger partial charge in [-0.15, -0.1) is 0 Å². The minimum Gasteiger partial charge on any atom is -0.548 e. The highest BCUT2D eigenvalue weighted by Gasteiger charge is 2.35. The van der Waals surface area contributed by atoms with Crippen molar-refractivity contribution < 1.29 is 19.4 Å². The highest BCUT2D eigenvalue weighted by molar-refractivity contribution is 5.81. The molecule has 0 N–H and O–H groups in total. The third-order valence-corrected chi connectivity index (χ3v) is 4.86. The maximum atomic E-state index is 12.1. The van der Waals surface area contributed by atoms with Gasteiger partial charge in [0.15, 0.2) is 0 Å². The number of hydrogen-bond acceptors (Lipinski definition) is 4. The quantitative estimate of drug-likeness (QED) is 0.863. The molecule has 0 bridgehead atoms. The molecule has 122 valence electrons. The van der Waals surface area contributed by atoms with Crippen LogP contribution in [0.25, 0.3) is 11.1 Å². The highest BCUT2D eigenvalue weighted by atomic mass is 16.6. The Morgan fingerprint density at radius 1 is 1.04 bits per heavy atom. The van der Waals surface area contributed by atoms with Gasteiger partial charge in [0.1, 0.15) is 6.61 Å². The van der Waals surface area contributed by atoms with Crippen LogP contribution >= 0.6 is 0 Å². The molecule has 1 fully saturated rings. The van der Waals surface area contributed by atoms with Gasteiger partial charge in [0, 0.05) is 12.5 Å². The summed E-state index contributed by atoms with van der Waals surface area (Å²) < 4.78 is 5.42. The van der Waals surface area contributed by atoms with E-state index in [1.807, 2.05) is 36.4 Å². The van der Waals surface area contributed by atoms with E-state index in [-0.39, 0.29) is 12.5 Å². The largest absolute Gasteiger partial charge is 0.548 e. The zero-order valence-corrected chi connectivity index (χ0v) is 13.0. The molecule has 0 radical (unpaired) electrons. The van der Waals surface area contributed by atoms with Crippen LogP contribution < -0.4 is 5.11 Å². The van der Waals surface area contributed by atoms with Gasteiger partial charge in [-0.2, -0.15) is 0 Å². The molecule has 5 heteroatoms. The number of hydrogen-bond donors (Lipinski definition) is 0. The Bertz CT molecular complexity index is 771. The third-order valence-electron chi connectivity index (χ3n) is 4.86. The summed E-state index contributed by atoms with van der Waals surface area (Å²) in [5, 5.41) is 10.9. The van der Waals surface area contributed by atoms with Crippen molar-refractivity contribution in [2.45, 2.75) is 18.4 Å². The van der Waals surface area contributed by atoms with Crippen molar-refractivity contribution >= 4 is 12.1 Å².